The Morgan fingerprint density at radius 2 is 2.16 bits per heavy atom. The summed E-state index contributed by atoms with van der Waals surface area (Å²) < 4.78 is 1.29. The number of nitrogens with one attached hydrogen (secondary N) is 1. The van der Waals surface area contributed by atoms with Crippen molar-refractivity contribution in [1.82, 2.24) is 4.98 Å². The minimum Gasteiger partial charge on any atom is -0.362 e. The van der Waals surface area contributed by atoms with Crippen molar-refractivity contribution in [2.24, 2.45) is 0 Å². The second kappa shape index (κ2) is 5.72. The molecule has 0 saturated heterocycles. The van der Waals surface area contributed by atoms with E-state index in [1.807, 2.05) is 17.5 Å². The number of anilines is 1. The van der Waals surface area contributed by atoms with Crippen LogP contribution in [-0.4, -0.2) is 4.98 Å². The van der Waals surface area contributed by atoms with Crippen LogP contribution in [0.4, 0.5) is 5.82 Å². The summed E-state index contributed by atoms with van der Waals surface area (Å²) in [6.07, 6.45) is 4.18. The van der Waals surface area contributed by atoms with Gasteiger partial charge in [0.2, 0.25) is 0 Å². The maximum Gasteiger partial charge on any atom is 0.135 e. The van der Waals surface area contributed by atoms with Gasteiger partial charge in [0.25, 0.3) is 0 Å². The third kappa shape index (κ3) is 2.65. The van der Waals surface area contributed by atoms with Gasteiger partial charge in [-0.25, -0.2) is 4.98 Å². The van der Waals surface area contributed by atoms with Crippen LogP contribution < -0.4 is 5.32 Å². The highest BCUT2D eigenvalue weighted by atomic mass is 32.1. The van der Waals surface area contributed by atoms with Crippen molar-refractivity contribution in [3.05, 3.63) is 46.1 Å². The van der Waals surface area contributed by atoms with Crippen molar-refractivity contribution in [2.75, 3.05) is 5.32 Å². The normalized spacial score (nSPS) is 12.7. The van der Waals surface area contributed by atoms with Crippen molar-refractivity contribution < 1.29 is 0 Å². The fourth-order valence-corrected chi connectivity index (χ4v) is 3.83. The summed E-state index contributed by atoms with van der Waals surface area (Å²) in [5, 5.41) is 9.10. The van der Waals surface area contributed by atoms with E-state index in [9.17, 15) is 0 Å². The molecule has 4 heteroatoms. The summed E-state index contributed by atoms with van der Waals surface area (Å²) in [4.78, 5) is 5.90. The van der Waals surface area contributed by atoms with E-state index in [4.69, 9.17) is 0 Å². The summed E-state index contributed by atoms with van der Waals surface area (Å²) in [5.74, 6) is 1.01. The SMILES string of the molecule is CCCC(Nc1nccc2sccc12)c1cccs1. The zero-order valence-electron chi connectivity index (χ0n) is 10.8. The van der Waals surface area contributed by atoms with Crippen LogP contribution in [0.3, 0.4) is 0 Å². The van der Waals surface area contributed by atoms with E-state index in [2.05, 4.69) is 52.3 Å². The molecular weight excluding hydrogens is 272 g/mol. The summed E-state index contributed by atoms with van der Waals surface area (Å²) >= 11 is 3.57. The van der Waals surface area contributed by atoms with Gasteiger partial charge in [0.1, 0.15) is 5.82 Å². The number of aromatic nitrogens is 1. The number of fused-ring (bicyclic) bond motifs is 1. The van der Waals surface area contributed by atoms with Crippen molar-refractivity contribution in [1.29, 1.82) is 0 Å². The zero-order valence-corrected chi connectivity index (χ0v) is 12.4. The molecule has 0 spiro atoms. The van der Waals surface area contributed by atoms with Gasteiger partial charge >= 0.3 is 0 Å². The molecule has 1 atom stereocenters. The summed E-state index contributed by atoms with van der Waals surface area (Å²) in [6.45, 7) is 2.22. The lowest BCUT2D eigenvalue weighted by Crippen LogP contribution is -2.10. The minimum absolute atomic E-state index is 0.364. The van der Waals surface area contributed by atoms with E-state index in [1.165, 1.54) is 15.0 Å². The molecule has 0 bridgehead atoms. The first-order valence-corrected chi connectivity index (χ1v) is 8.26. The number of pyridine rings is 1. The topological polar surface area (TPSA) is 24.9 Å². The Labute approximate surface area is 121 Å². The third-order valence-electron chi connectivity index (χ3n) is 3.15. The van der Waals surface area contributed by atoms with Crippen molar-refractivity contribution >= 4 is 38.6 Å². The minimum atomic E-state index is 0.364. The Morgan fingerprint density at radius 1 is 1.21 bits per heavy atom. The van der Waals surface area contributed by atoms with Gasteiger partial charge in [0.05, 0.1) is 6.04 Å². The van der Waals surface area contributed by atoms with Crippen LogP contribution in [-0.2, 0) is 0 Å². The molecule has 2 nitrogen and oxygen atoms in total. The number of hydrogen-bond donors (Lipinski definition) is 1. The van der Waals surface area contributed by atoms with Gasteiger partial charge < -0.3 is 5.32 Å². The predicted molar refractivity (Wildman–Crippen MR) is 85.2 cm³/mol. The van der Waals surface area contributed by atoms with Gasteiger partial charge in [-0.2, -0.15) is 0 Å². The molecule has 0 aromatic carbocycles. The molecule has 3 heterocycles. The van der Waals surface area contributed by atoms with Crippen LogP contribution >= 0.6 is 22.7 Å². The van der Waals surface area contributed by atoms with Crippen molar-refractivity contribution in [3.63, 3.8) is 0 Å². The molecule has 0 fully saturated rings. The fourth-order valence-electron chi connectivity index (χ4n) is 2.24. The highest BCUT2D eigenvalue weighted by molar-refractivity contribution is 7.17. The van der Waals surface area contributed by atoms with E-state index >= 15 is 0 Å². The van der Waals surface area contributed by atoms with E-state index in [-0.39, 0.29) is 0 Å². The van der Waals surface area contributed by atoms with Gasteiger partial charge in [0.15, 0.2) is 0 Å². The second-order valence-electron chi connectivity index (χ2n) is 4.49. The lowest BCUT2D eigenvalue weighted by molar-refractivity contribution is 0.685. The van der Waals surface area contributed by atoms with Gasteiger partial charge in [0, 0.05) is 21.2 Å². The van der Waals surface area contributed by atoms with Crippen molar-refractivity contribution in [2.45, 2.75) is 25.8 Å². The lowest BCUT2D eigenvalue weighted by atomic mass is 10.1. The molecule has 3 aromatic rings. The average molecular weight is 288 g/mol. The predicted octanol–water partition coefficient (Wildman–Crippen LogP) is 5.31. The molecule has 19 heavy (non-hydrogen) atoms. The summed E-state index contributed by atoms with van der Waals surface area (Å²) in [5.41, 5.74) is 0. The molecule has 3 aromatic heterocycles. The Kier molecular flexibility index (Phi) is 3.80. The van der Waals surface area contributed by atoms with E-state index in [0.717, 1.165) is 18.7 Å². The maximum absolute atomic E-state index is 4.51. The fraction of sp³-hybridized carbons (Fsp3) is 0.267. The Hall–Kier alpha value is -1.39. The Morgan fingerprint density at radius 3 is 2.95 bits per heavy atom. The van der Waals surface area contributed by atoms with Gasteiger partial charge in [-0.05, 0) is 35.4 Å². The maximum atomic E-state index is 4.51. The number of thiophene rings is 2. The third-order valence-corrected chi connectivity index (χ3v) is 5.02. The van der Waals surface area contributed by atoms with E-state index in [0.29, 0.717) is 6.04 Å². The number of nitrogens with zero attached hydrogens (tertiary/aromatic N) is 1. The second-order valence-corrected chi connectivity index (χ2v) is 6.42. The van der Waals surface area contributed by atoms with Crippen LogP contribution in [0.2, 0.25) is 0 Å². The molecule has 0 saturated carbocycles. The monoisotopic (exact) mass is 288 g/mol. The van der Waals surface area contributed by atoms with Crippen molar-refractivity contribution in [3.8, 4) is 0 Å². The quantitative estimate of drug-likeness (QED) is 0.688. The largest absolute Gasteiger partial charge is 0.362 e. The number of rotatable bonds is 5. The molecule has 1 unspecified atom stereocenters. The highest BCUT2D eigenvalue weighted by Crippen LogP contribution is 2.31. The average Bonchev–Trinajstić information content (AvgIpc) is 3.10. The molecule has 0 radical (unpaired) electrons. The molecule has 3 rings (SSSR count). The van der Waals surface area contributed by atoms with Crippen LogP contribution in [0.1, 0.15) is 30.7 Å². The first-order valence-electron chi connectivity index (χ1n) is 6.50. The van der Waals surface area contributed by atoms with Gasteiger partial charge in [-0.15, -0.1) is 22.7 Å². The van der Waals surface area contributed by atoms with Gasteiger partial charge in [-0.3, -0.25) is 0 Å². The molecule has 0 aliphatic carbocycles. The Bertz CT molecular complexity index is 643. The van der Waals surface area contributed by atoms with Crippen LogP contribution in [0.15, 0.2) is 41.2 Å². The molecular formula is C15H16N2S2. The molecule has 0 aliphatic rings. The van der Waals surface area contributed by atoms with E-state index in [1.54, 1.807) is 11.3 Å². The lowest BCUT2D eigenvalue weighted by Gasteiger charge is -2.17. The zero-order chi connectivity index (χ0) is 13.1. The van der Waals surface area contributed by atoms with Crippen LogP contribution in [0.25, 0.3) is 10.1 Å². The Balaban J connectivity index is 1.91. The molecule has 0 amide bonds. The summed E-state index contributed by atoms with van der Waals surface area (Å²) in [7, 11) is 0. The first-order chi connectivity index (χ1) is 9.38. The molecule has 1 N–H and O–H groups in total. The summed E-state index contributed by atoms with van der Waals surface area (Å²) in [6, 6.07) is 8.90. The first kappa shape index (κ1) is 12.6. The van der Waals surface area contributed by atoms with Gasteiger partial charge in [-0.1, -0.05) is 19.4 Å². The molecule has 98 valence electrons. The van der Waals surface area contributed by atoms with E-state index < -0.39 is 0 Å². The number of hydrogen-bond acceptors (Lipinski definition) is 4. The van der Waals surface area contributed by atoms with Crippen LogP contribution in [0.5, 0.6) is 0 Å². The molecule has 0 aliphatic heterocycles. The highest BCUT2D eigenvalue weighted by Gasteiger charge is 2.13. The smallest absolute Gasteiger partial charge is 0.135 e. The van der Waals surface area contributed by atoms with Crippen LogP contribution in [0, 0.1) is 0 Å². The standard InChI is InChI=1S/C15H16N2S2/c1-2-4-12(14-5-3-9-18-14)17-15-11-7-10-19-13(11)6-8-16-15/h3,5-10,12H,2,4H2,1H3,(H,16,17).